The van der Waals surface area contributed by atoms with E-state index in [2.05, 4.69) is 24.5 Å². The van der Waals surface area contributed by atoms with E-state index in [4.69, 9.17) is 14.5 Å². The first-order valence-electron chi connectivity index (χ1n) is 10.7. The largest absolute Gasteiger partial charge is 0.490 e. The van der Waals surface area contributed by atoms with E-state index in [0.29, 0.717) is 30.4 Å². The number of para-hydroxylation sites is 2. The van der Waals surface area contributed by atoms with Gasteiger partial charge in [0, 0.05) is 6.54 Å². The molecule has 0 amide bonds. The summed E-state index contributed by atoms with van der Waals surface area (Å²) in [4.78, 5) is 4.70. The van der Waals surface area contributed by atoms with Crippen LogP contribution in [0.1, 0.15) is 51.4 Å². The van der Waals surface area contributed by atoms with Crippen LogP contribution in [0.15, 0.2) is 42.5 Å². The average Bonchev–Trinajstić information content (AvgIpc) is 3.14. The Morgan fingerprint density at radius 3 is 2.63 bits per heavy atom. The summed E-state index contributed by atoms with van der Waals surface area (Å²) < 4.78 is 13.8. The van der Waals surface area contributed by atoms with Crippen molar-refractivity contribution in [3.05, 3.63) is 53.9 Å². The fraction of sp³-hybridized carbons (Fsp3) is 0.360. The lowest BCUT2D eigenvalue weighted by atomic mass is 10.1. The third kappa shape index (κ3) is 4.83. The minimum absolute atomic E-state index is 0.520. The highest BCUT2D eigenvalue weighted by Crippen LogP contribution is 2.31. The van der Waals surface area contributed by atoms with Gasteiger partial charge in [0.2, 0.25) is 0 Å². The van der Waals surface area contributed by atoms with Gasteiger partial charge in [-0.05, 0) is 56.2 Å². The van der Waals surface area contributed by atoms with E-state index in [9.17, 15) is 5.26 Å². The van der Waals surface area contributed by atoms with E-state index in [1.54, 1.807) is 0 Å². The monoisotopic (exact) mass is 403 g/mol. The maximum absolute atomic E-state index is 9.85. The maximum Gasteiger partial charge on any atom is 0.161 e. The van der Waals surface area contributed by atoms with Crippen LogP contribution >= 0.6 is 0 Å². The summed E-state index contributed by atoms with van der Waals surface area (Å²) in [6.07, 6.45) is 5.19. The maximum atomic E-state index is 9.85. The number of aryl methyl sites for hydroxylation is 1. The molecular formula is C25H29N3O2. The zero-order chi connectivity index (χ0) is 21.3. The molecule has 5 heteroatoms. The Balaban J connectivity index is 1.94. The van der Waals surface area contributed by atoms with Crippen LogP contribution in [0.4, 0.5) is 0 Å². The summed E-state index contributed by atoms with van der Waals surface area (Å²) in [5.74, 6) is 2.12. The molecule has 0 N–H and O–H groups in total. The van der Waals surface area contributed by atoms with Crippen molar-refractivity contribution in [2.45, 2.75) is 46.6 Å². The standard InChI is InChI=1S/C25H29N3O2/c1-4-7-10-15-30-23-14-13-19(17-24(23)29-6-3)16-20(18-26)25-27-21-11-8-9-12-22(21)28(25)5-2/h8-9,11-14,16-17H,4-7,10,15H2,1-3H3/b20-16-. The van der Waals surface area contributed by atoms with Crippen LogP contribution in [0.5, 0.6) is 11.5 Å². The second kappa shape index (κ2) is 10.5. The van der Waals surface area contributed by atoms with Crippen molar-refractivity contribution in [3.8, 4) is 17.6 Å². The second-order valence-corrected chi connectivity index (χ2v) is 7.03. The van der Waals surface area contributed by atoms with E-state index >= 15 is 0 Å². The van der Waals surface area contributed by atoms with Crippen LogP contribution in [0.25, 0.3) is 22.7 Å². The number of nitrogens with zero attached hydrogens (tertiary/aromatic N) is 3. The molecule has 1 aromatic heterocycles. The normalized spacial score (nSPS) is 11.5. The molecule has 30 heavy (non-hydrogen) atoms. The van der Waals surface area contributed by atoms with Crippen molar-refractivity contribution in [2.75, 3.05) is 13.2 Å². The molecule has 0 aliphatic rings. The number of nitriles is 1. The van der Waals surface area contributed by atoms with E-state index < -0.39 is 0 Å². The zero-order valence-electron chi connectivity index (χ0n) is 18.0. The Morgan fingerprint density at radius 2 is 1.90 bits per heavy atom. The van der Waals surface area contributed by atoms with Gasteiger partial charge in [0.25, 0.3) is 0 Å². The van der Waals surface area contributed by atoms with Crippen LogP contribution in [-0.2, 0) is 6.54 Å². The smallest absolute Gasteiger partial charge is 0.161 e. The predicted molar refractivity (Wildman–Crippen MR) is 122 cm³/mol. The van der Waals surface area contributed by atoms with Gasteiger partial charge in [-0.15, -0.1) is 0 Å². The van der Waals surface area contributed by atoms with Crippen LogP contribution in [-0.4, -0.2) is 22.8 Å². The molecule has 2 aromatic carbocycles. The molecule has 0 spiro atoms. The van der Waals surface area contributed by atoms with Crippen molar-refractivity contribution >= 4 is 22.7 Å². The van der Waals surface area contributed by atoms with Crippen molar-refractivity contribution < 1.29 is 9.47 Å². The van der Waals surface area contributed by atoms with Crippen molar-refractivity contribution in [2.24, 2.45) is 0 Å². The Morgan fingerprint density at radius 1 is 1.07 bits per heavy atom. The number of ether oxygens (including phenoxy) is 2. The van der Waals surface area contributed by atoms with Gasteiger partial charge in [-0.3, -0.25) is 0 Å². The fourth-order valence-corrected chi connectivity index (χ4v) is 3.45. The minimum Gasteiger partial charge on any atom is -0.490 e. The number of hydrogen-bond acceptors (Lipinski definition) is 4. The summed E-state index contributed by atoms with van der Waals surface area (Å²) in [5.41, 5.74) is 3.32. The molecule has 0 saturated heterocycles. The summed E-state index contributed by atoms with van der Waals surface area (Å²) in [7, 11) is 0. The van der Waals surface area contributed by atoms with Crippen molar-refractivity contribution in [1.82, 2.24) is 9.55 Å². The number of fused-ring (bicyclic) bond motifs is 1. The lowest BCUT2D eigenvalue weighted by molar-refractivity contribution is 0.271. The third-order valence-electron chi connectivity index (χ3n) is 4.92. The first-order chi connectivity index (χ1) is 14.7. The molecule has 1 heterocycles. The lowest BCUT2D eigenvalue weighted by Crippen LogP contribution is -2.02. The molecule has 3 aromatic rings. The molecule has 0 saturated carbocycles. The number of imidazole rings is 1. The van der Waals surface area contributed by atoms with Gasteiger partial charge in [0.1, 0.15) is 6.07 Å². The number of unbranched alkanes of at least 4 members (excludes halogenated alkanes) is 2. The van der Waals surface area contributed by atoms with Crippen LogP contribution in [0.2, 0.25) is 0 Å². The molecule has 156 valence electrons. The summed E-state index contributed by atoms with van der Waals surface area (Å²) in [5, 5.41) is 9.85. The minimum atomic E-state index is 0.520. The molecule has 0 aliphatic heterocycles. The SMILES string of the molecule is CCCCCOc1ccc(/C=C(/C#N)c2nc3ccccc3n2CC)cc1OCC. The molecule has 0 fully saturated rings. The topological polar surface area (TPSA) is 60.1 Å². The van der Waals surface area contributed by atoms with Crippen LogP contribution in [0.3, 0.4) is 0 Å². The molecule has 3 rings (SSSR count). The molecule has 5 nitrogen and oxygen atoms in total. The fourth-order valence-electron chi connectivity index (χ4n) is 3.45. The van der Waals surface area contributed by atoms with Gasteiger partial charge in [0.15, 0.2) is 17.3 Å². The van der Waals surface area contributed by atoms with Gasteiger partial charge in [-0.2, -0.15) is 5.26 Å². The number of benzene rings is 2. The predicted octanol–water partition coefficient (Wildman–Crippen LogP) is 6.09. The number of aromatic nitrogens is 2. The average molecular weight is 404 g/mol. The Labute approximate surface area is 178 Å². The van der Waals surface area contributed by atoms with E-state index in [0.717, 1.165) is 48.2 Å². The van der Waals surface area contributed by atoms with Gasteiger partial charge < -0.3 is 14.0 Å². The van der Waals surface area contributed by atoms with Gasteiger partial charge in [0.05, 0.1) is 29.8 Å². The number of rotatable bonds is 10. The van der Waals surface area contributed by atoms with Gasteiger partial charge in [-0.25, -0.2) is 4.98 Å². The molecule has 0 atom stereocenters. The lowest BCUT2D eigenvalue weighted by Gasteiger charge is -2.13. The van der Waals surface area contributed by atoms with Gasteiger partial charge >= 0.3 is 0 Å². The van der Waals surface area contributed by atoms with E-state index in [1.807, 2.05) is 55.5 Å². The molecule has 0 bridgehead atoms. The van der Waals surface area contributed by atoms with Crippen molar-refractivity contribution in [3.63, 3.8) is 0 Å². The van der Waals surface area contributed by atoms with Crippen molar-refractivity contribution in [1.29, 1.82) is 5.26 Å². The summed E-state index contributed by atoms with van der Waals surface area (Å²) >= 11 is 0. The number of hydrogen-bond donors (Lipinski definition) is 0. The first-order valence-corrected chi connectivity index (χ1v) is 10.7. The zero-order valence-corrected chi connectivity index (χ0v) is 18.0. The highest BCUT2D eigenvalue weighted by molar-refractivity contribution is 5.91. The summed E-state index contributed by atoms with van der Waals surface area (Å²) in [6, 6.07) is 16.1. The van der Waals surface area contributed by atoms with E-state index in [-0.39, 0.29) is 0 Å². The highest BCUT2D eigenvalue weighted by atomic mass is 16.5. The Bertz CT molecular complexity index is 1060. The quantitative estimate of drug-likeness (QED) is 0.304. The van der Waals surface area contributed by atoms with E-state index in [1.165, 1.54) is 0 Å². The molecule has 0 aliphatic carbocycles. The van der Waals surface area contributed by atoms with Gasteiger partial charge in [-0.1, -0.05) is 38.0 Å². The van der Waals surface area contributed by atoms with Crippen LogP contribution < -0.4 is 9.47 Å². The molecule has 0 radical (unpaired) electrons. The summed E-state index contributed by atoms with van der Waals surface area (Å²) in [6.45, 7) is 8.15. The first kappa shape index (κ1) is 21.4. The Hall–Kier alpha value is -3.26. The molecular weight excluding hydrogens is 374 g/mol. The number of allylic oxidation sites excluding steroid dienone is 1. The second-order valence-electron chi connectivity index (χ2n) is 7.03. The third-order valence-corrected chi connectivity index (χ3v) is 4.92. The Kier molecular flexibility index (Phi) is 7.51. The van der Waals surface area contributed by atoms with Crippen LogP contribution in [0, 0.1) is 11.3 Å². The highest BCUT2D eigenvalue weighted by Gasteiger charge is 2.14. The molecule has 0 unspecified atom stereocenters.